The molecule has 2 N–H and O–H groups in total. The average molecular weight is 255 g/mol. The SMILES string of the molecule is Cc1cnc2c(Br)nc(C(N)=O)cn12. The number of imidazole rings is 1. The number of hydrogen-bond acceptors (Lipinski definition) is 3. The second kappa shape index (κ2) is 3.06. The molecule has 1 amide bonds. The summed E-state index contributed by atoms with van der Waals surface area (Å²) in [6.45, 7) is 1.89. The van der Waals surface area contributed by atoms with Crippen molar-refractivity contribution in [3.05, 3.63) is 28.4 Å². The molecule has 0 aliphatic rings. The van der Waals surface area contributed by atoms with Crippen molar-refractivity contribution in [3.8, 4) is 0 Å². The lowest BCUT2D eigenvalue weighted by Gasteiger charge is -2.00. The van der Waals surface area contributed by atoms with Gasteiger partial charge in [0, 0.05) is 18.1 Å². The van der Waals surface area contributed by atoms with E-state index in [2.05, 4.69) is 25.9 Å². The van der Waals surface area contributed by atoms with Crippen LogP contribution in [0.4, 0.5) is 0 Å². The number of carbonyl (C=O) groups excluding carboxylic acids is 1. The molecule has 0 aliphatic heterocycles. The molecule has 0 saturated carbocycles. The molecule has 0 spiro atoms. The van der Waals surface area contributed by atoms with E-state index in [1.54, 1.807) is 16.8 Å². The summed E-state index contributed by atoms with van der Waals surface area (Å²) in [5.74, 6) is -0.555. The molecular weight excluding hydrogens is 248 g/mol. The van der Waals surface area contributed by atoms with Crippen LogP contribution in [0.15, 0.2) is 17.0 Å². The van der Waals surface area contributed by atoms with Crippen LogP contribution < -0.4 is 5.73 Å². The van der Waals surface area contributed by atoms with Gasteiger partial charge in [-0.15, -0.1) is 0 Å². The Morgan fingerprint density at radius 3 is 3.00 bits per heavy atom. The van der Waals surface area contributed by atoms with Crippen molar-refractivity contribution in [2.75, 3.05) is 0 Å². The molecule has 0 fully saturated rings. The highest BCUT2D eigenvalue weighted by atomic mass is 79.9. The number of carbonyl (C=O) groups is 1. The zero-order valence-electron chi connectivity index (χ0n) is 7.36. The summed E-state index contributed by atoms with van der Waals surface area (Å²) >= 11 is 3.23. The molecule has 14 heavy (non-hydrogen) atoms. The minimum atomic E-state index is -0.555. The standard InChI is InChI=1S/C8H7BrN4O/c1-4-2-11-8-6(9)12-5(7(10)14)3-13(4)8/h2-3H,1H3,(H2,10,14). The van der Waals surface area contributed by atoms with Gasteiger partial charge in [0.2, 0.25) is 0 Å². The minimum absolute atomic E-state index is 0.213. The number of aromatic nitrogens is 3. The summed E-state index contributed by atoms with van der Waals surface area (Å²) in [6.07, 6.45) is 3.28. The van der Waals surface area contributed by atoms with Gasteiger partial charge < -0.3 is 5.73 Å². The predicted octanol–water partition coefficient (Wildman–Crippen LogP) is 0.899. The van der Waals surface area contributed by atoms with Gasteiger partial charge in [0.1, 0.15) is 10.3 Å². The molecule has 0 bridgehead atoms. The number of aryl methyl sites for hydroxylation is 1. The van der Waals surface area contributed by atoms with Crippen molar-refractivity contribution in [2.45, 2.75) is 6.92 Å². The third-order valence-corrected chi connectivity index (χ3v) is 2.42. The molecule has 2 aromatic rings. The zero-order valence-corrected chi connectivity index (χ0v) is 8.95. The van der Waals surface area contributed by atoms with E-state index >= 15 is 0 Å². The number of nitrogens with zero attached hydrogens (tertiary/aromatic N) is 3. The topological polar surface area (TPSA) is 73.3 Å². The molecule has 5 nitrogen and oxygen atoms in total. The zero-order chi connectivity index (χ0) is 10.3. The number of halogens is 1. The van der Waals surface area contributed by atoms with Crippen LogP contribution >= 0.6 is 15.9 Å². The summed E-state index contributed by atoms with van der Waals surface area (Å²) in [5, 5.41) is 0. The maximum Gasteiger partial charge on any atom is 0.268 e. The van der Waals surface area contributed by atoms with Crippen molar-refractivity contribution < 1.29 is 4.79 Å². The smallest absolute Gasteiger partial charge is 0.268 e. The third-order valence-electron chi connectivity index (χ3n) is 1.89. The van der Waals surface area contributed by atoms with Gasteiger partial charge in [-0.2, -0.15) is 0 Å². The highest BCUT2D eigenvalue weighted by Crippen LogP contribution is 2.16. The van der Waals surface area contributed by atoms with Crippen LogP contribution in [0, 0.1) is 6.92 Å². The van der Waals surface area contributed by atoms with Crippen LogP contribution in [0.3, 0.4) is 0 Å². The first kappa shape index (κ1) is 9.14. The first-order valence-electron chi connectivity index (χ1n) is 3.89. The Morgan fingerprint density at radius 2 is 2.36 bits per heavy atom. The van der Waals surface area contributed by atoms with Crippen LogP contribution in [0.2, 0.25) is 0 Å². The maximum atomic E-state index is 10.9. The Bertz CT molecular complexity index is 519. The molecule has 2 rings (SSSR count). The Morgan fingerprint density at radius 1 is 1.64 bits per heavy atom. The largest absolute Gasteiger partial charge is 0.364 e. The fourth-order valence-corrected chi connectivity index (χ4v) is 1.67. The fraction of sp³-hybridized carbons (Fsp3) is 0.125. The molecule has 0 saturated heterocycles. The second-order valence-corrected chi connectivity index (χ2v) is 3.63. The van der Waals surface area contributed by atoms with Crippen LogP contribution in [0.5, 0.6) is 0 Å². The minimum Gasteiger partial charge on any atom is -0.364 e. The summed E-state index contributed by atoms with van der Waals surface area (Å²) in [5.41, 5.74) is 6.95. The van der Waals surface area contributed by atoms with Gasteiger partial charge in [-0.05, 0) is 22.9 Å². The van der Waals surface area contributed by atoms with Gasteiger partial charge in [0.15, 0.2) is 5.65 Å². The molecule has 2 heterocycles. The molecule has 2 aromatic heterocycles. The normalized spacial score (nSPS) is 10.7. The number of hydrogen-bond donors (Lipinski definition) is 1. The fourth-order valence-electron chi connectivity index (χ4n) is 1.19. The number of primary amides is 1. The Balaban J connectivity index is 2.82. The Hall–Kier alpha value is -1.43. The van der Waals surface area contributed by atoms with Crippen molar-refractivity contribution in [2.24, 2.45) is 5.73 Å². The predicted molar refractivity (Wildman–Crippen MR) is 53.9 cm³/mol. The van der Waals surface area contributed by atoms with Gasteiger partial charge in [0.05, 0.1) is 0 Å². The van der Waals surface area contributed by atoms with Gasteiger partial charge in [-0.25, -0.2) is 9.97 Å². The van der Waals surface area contributed by atoms with Gasteiger partial charge in [-0.1, -0.05) is 0 Å². The van der Waals surface area contributed by atoms with Gasteiger partial charge in [-0.3, -0.25) is 9.20 Å². The Kier molecular flexibility index (Phi) is 1.99. The number of amides is 1. The first-order valence-corrected chi connectivity index (χ1v) is 4.69. The molecule has 0 atom stereocenters. The van der Waals surface area contributed by atoms with Gasteiger partial charge in [0.25, 0.3) is 5.91 Å². The van der Waals surface area contributed by atoms with Crippen molar-refractivity contribution in [1.29, 1.82) is 0 Å². The Labute approximate surface area is 88.1 Å². The van der Waals surface area contributed by atoms with Crippen LogP contribution in [-0.4, -0.2) is 20.3 Å². The van der Waals surface area contributed by atoms with Crippen molar-refractivity contribution in [1.82, 2.24) is 14.4 Å². The summed E-state index contributed by atoms with van der Waals surface area (Å²) in [4.78, 5) is 19.0. The second-order valence-electron chi connectivity index (χ2n) is 2.87. The molecule has 6 heteroatoms. The van der Waals surface area contributed by atoms with Crippen LogP contribution in [0.25, 0.3) is 5.65 Å². The highest BCUT2D eigenvalue weighted by molar-refractivity contribution is 9.10. The lowest BCUT2D eigenvalue weighted by atomic mass is 10.4. The summed E-state index contributed by atoms with van der Waals surface area (Å²) in [6, 6.07) is 0. The number of nitrogens with two attached hydrogens (primary N) is 1. The maximum absolute atomic E-state index is 10.9. The summed E-state index contributed by atoms with van der Waals surface area (Å²) < 4.78 is 2.28. The molecule has 0 aliphatic carbocycles. The number of rotatable bonds is 1. The van der Waals surface area contributed by atoms with E-state index < -0.39 is 5.91 Å². The summed E-state index contributed by atoms with van der Waals surface area (Å²) in [7, 11) is 0. The molecule has 0 radical (unpaired) electrons. The molecule has 0 unspecified atom stereocenters. The van der Waals surface area contributed by atoms with E-state index in [1.165, 1.54) is 0 Å². The average Bonchev–Trinajstić information content (AvgIpc) is 2.48. The van der Waals surface area contributed by atoms with E-state index in [0.29, 0.717) is 10.3 Å². The monoisotopic (exact) mass is 254 g/mol. The third kappa shape index (κ3) is 1.27. The van der Waals surface area contributed by atoms with E-state index in [9.17, 15) is 4.79 Å². The van der Waals surface area contributed by atoms with E-state index in [1.807, 2.05) is 6.92 Å². The molecule has 0 aromatic carbocycles. The van der Waals surface area contributed by atoms with E-state index in [-0.39, 0.29) is 5.69 Å². The molecule has 72 valence electrons. The van der Waals surface area contributed by atoms with Crippen molar-refractivity contribution in [3.63, 3.8) is 0 Å². The van der Waals surface area contributed by atoms with Crippen LogP contribution in [-0.2, 0) is 0 Å². The number of fused-ring (bicyclic) bond motifs is 1. The molecular formula is C8H7BrN4O. The lowest BCUT2D eigenvalue weighted by molar-refractivity contribution is 0.0995. The quantitative estimate of drug-likeness (QED) is 0.822. The van der Waals surface area contributed by atoms with Crippen molar-refractivity contribution >= 4 is 27.5 Å². The van der Waals surface area contributed by atoms with E-state index in [0.717, 1.165) is 5.69 Å². The highest BCUT2D eigenvalue weighted by Gasteiger charge is 2.10. The lowest BCUT2D eigenvalue weighted by Crippen LogP contribution is -2.14. The van der Waals surface area contributed by atoms with Gasteiger partial charge >= 0.3 is 0 Å². The first-order chi connectivity index (χ1) is 6.59. The van der Waals surface area contributed by atoms with Crippen LogP contribution in [0.1, 0.15) is 16.2 Å². The van der Waals surface area contributed by atoms with E-state index in [4.69, 9.17) is 5.73 Å².